The smallest absolute Gasteiger partial charge is 0.416 e. The predicted octanol–water partition coefficient (Wildman–Crippen LogP) is 7.55. The number of benzene rings is 3. The van der Waals surface area contributed by atoms with Crippen molar-refractivity contribution in [3.8, 4) is 11.5 Å². The number of aryl methyl sites for hydroxylation is 1. The van der Waals surface area contributed by atoms with Gasteiger partial charge in [0.2, 0.25) is 0 Å². The Kier molecular flexibility index (Phi) is 7.76. The van der Waals surface area contributed by atoms with E-state index in [1.807, 2.05) is 13.8 Å². The molecule has 0 aliphatic heterocycles. The molecule has 0 atom stereocenters. The molecule has 0 saturated carbocycles. The van der Waals surface area contributed by atoms with Gasteiger partial charge in [-0.3, -0.25) is 4.79 Å². The Labute approximate surface area is 199 Å². The summed E-state index contributed by atoms with van der Waals surface area (Å²) in [6, 6.07) is 12.6. The largest absolute Gasteiger partial charge is 0.493 e. The van der Waals surface area contributed by atoms with Crippen LogP contribution in [0, 0.1) is 6.92 Å². The van der Waals surface area contributed by atoms with Crippen LogP contribution in [0.15, 0.2) is 54.6 Å². The highest BCUT2D eigenvalue weighted by atomic mass is 35.5. The van der Waals surface area contributed by atoms with Gasteiger partial charge in [0.25, 0.3) is 5.91 Å². The summed E-state index contributed by atoms with van der Waals surface area (Å²) in [5.41, 5.74) is 0.594. The molecule has 1 amide bonds. The van der Waals surface area contributed by atoms with Crippen LogP contribution in [0.3, 0.4) is 0 Å². The maximum absolute atomic E-state index is 13.0. The summed E-state index contributed by atoms with van der Waals surface area (Å²) < 4.78 is 50.5. The van der Waals surface area contributed by atoms with Crippen molar-refractivity contribution >= 4 is 34.8 Å². The molecule has 3 aromatic rings. The Bertz CT molecular complexity index is 1170. The summed E-state index contributed by atoms with van der Waals surface area (Å²) in [4.78, 5) is 12.8. The second-order valence-electron chi connectivity index (χ2n) is 7.10. The van der Waals surface area contributed by atoms with Crippen LogP contribution >= 0.6 is 23.2 Å². The molecule has 174 valence electrons. The van der Waals surface area contributed by atoms with Crippen molar-refractivity contribution in [2.45, 2.75) is 26.6 Å². The van der Waals surface area contributed by atoms with Gasteiger partial charge in [0, 0.05) is 16.1 Å². The lowest BCUT2D eigenvalue weighted by molar-refractivity contribution is -0.137. The molecule has 33 heavy (non-hydrogen) atoms. The van der Waals surface area contributed by atoms with Gasteiger partial charge < -0.3 is 14.8 Å². The average Bonchev–Trinajstić information content (AvgIpc) is 2.76. The molecule has 1 N–H and O–H groups in total. The van der Waals surface area contributed by atoms with Gasteiger partial charge >= 0.3 is 6.18 Å². The van der Waals surface area contributed by atoms with Crippen LogP contribution in [0.4, 0.5) is 18.9 Å². The Morgan fingerprint density at radius 3 is 2.36 bits per heavy atom. The van der Waals surface area contributed by atoms with Crippen LogP contribution in [0.1, 0.15) is 34.0 Å². The lowest BCUT2D eigenvalue weighted by Crippen LogP contribution is -2.14. The fourth-order valence-electron chi connectivity index (χ4n) is 2.99. The Morgan fingerprint density at radius 2 is 1.70 bits per heavy atom. The second kappa shape index (κ2) is 10.4. The van der Waals surface area contributed by atoms with E-state index in [1.54, 1.807) is 30.3 Å². The quantitative estimate of drug-likeness (QED) is 0.366. The highest BCUT2D eigenvalue weighted by Crippen LogP contribution is 2.34. The number of halogens is 5. The number of rotatable bonds is 7. The van der Waals surface area contributed by atoms with Crippen molar-refractivity contribution in [1.82, 2.24) is 0 Å². The zero-order valence-electron chi connectivity index (χ0n) is 17.7. The number of amides is 1. The van der Waals surface area contributed by atoms with Crippen LogP contribution in [0.5, 0.6) is 11.5 Å². The molecule has 3 rings (SSSR count). The van der Waals surface area contributed by atoms with Crippen molar-refractivity contribution in [1.29, 1.82) is 0 Å². The summed E-state index contributed by atoms with van der Waals surface area (Å²) >= 11 is 12.0. The standard InChI is InChI=1S/C24H20Cl2F3NO3/c1-3-32-22-9-4-15(11-16(22)13-33-18-6-8-19(25)14(2)10-18)23(31)30-21-12-17(24(27,28)29)5-7-20(21)26/h4-12H,3,13H2,1-2H3,(H,30,31). The summed E-state index contributed by atoms with van der Waals surface area (Å²) in [5, 5.41) is 3.04. The minimum absolute atomic E-state index is 0.0102. The number of alkyl halides is 3. The molecule has 0 bridgehead atoms. The molecule has 3 aromatic carbocycles. The summed E-state index contributed by atoms with van der Waals surface area (Å²) in [7, 11) is 0. The number of nitrogens with one attached hydrogen (secondary N) is 1. The van der Waals surface area contributed by atoms with E-state index in [9.17, 15) is 18.0 Å². The van der Waals surface area contributed by atoms with Crippen LogP contribution in [-0.2, 0) is 12.8 Å². The first kappa shape index (κ1) is 24.7. The lowest BCUT2D eigenvalue weighted by Gasteiger charge is -2.15. The van der Waals surface area contributed by atoms with Gasteiger partial charge in [0.05, 0.1) is 22.9 Å². The molecule has 0 fully saturated rings. The Hall–Kier alpha value is -2.90. The molecule has 0 saturated heterocycles. The minimum atomic E-state index is -4.56. The van der Waals surface area contributed by atoms with Gasteiger partial charge in [0.1, 0.15) is 18.1 Å². The van der Waals surface area contributed by atoms with E-state index in [0.29, 0.717) is 28.7 Å². The fourth-order valence-corrected chi connectivity index (χ4v) is 3.27. The molecule has 4 nitrogen and oxygen atoms in total. The number of hydrogen-bond acceptors (Lipinski definition) is 3. The first-order valence-electron chi connectivity index (χ1n) is 9.91. The van der Waals surface area contributed by atoms with Crippen molar-refractivity contribution in [3.63, 3.8) is 0 Å². The van der Waals surface area contributed by atoms with Crippen LogP contribution in [-0.4, -0.2) is 12.5 Å². The van der Waals surface area contributed by atoms with Gasteiger partial charge in [-0.05, 0) is 74.0 Å². The Balaban J connectivity index is 1.83. The van der Waals surface area contributed by atoms with E-state index in [2.05, 4.69) is 5.32 Å². The lowest BCUT2D eigenvalue weighted by atomic mass is 10.1. The topological polar surface area (TPSA) is 47.6 Å². The molecule has 0 aromatic heterocycles. The van der Waals surface area contributed by atoms with Gasteiger partial charge in [-0.15, -0.1) is 0 Å². The molecular weight excluding hydrogens is 478 g/mol. The normalized spacial score (nSPS) is 11.2. The highest BCUT2D eigenvalue weighted by molar-refractivity contribution is 6.34. The molecule has 0 spiro atoms. The monoisotopic (exact) mass is 497 g/mol. The van der Waals surface area contributed by atoms with Gasteiger partial charge in [0.15, 0.2) is 0 Å². The zero-order valence-corrected chi connectivity index (χ0v) is 19.2. The number of anilines is 1. The van der Waals surface area contributed by atoms with E-state index in [1.165, 1.54) is 6.07 Å². The van der Waals surface area contributed by atoms with Crippen molar-refractivity contribution < 1.29 is 27.4 Å². The van der Waals surface area contributed by atoms with Gasteiger partial charge in [-0.25, -0.2) is 0 Å². The molecule has 9 heteroatoms. The summed E-state index contributed by atoms with van der Waals surface area (Å²) in [5.74, 6) is 0.490. The second-order valence-corrected chi connectivity index (χ2v) is 7.92. The third-order valence-electron chi connectivity index (χ3n) is 4.69. The van der Waals surface area contributed by atoms with E-state index >= 15 is 0 Å². The molecule has 0 heterocycles. The van der Waals surface area contributed by atoms with E-state index < -0.39 is 17.6 Å². The fraction of sp³-hybridized carbons (Fsp3) is 0.208. The molecule has 0 aliphatic rings. The van der Waals surface area contributed by atoms with Crippen molar-refractivity contribution in [2.75, 3.05) is 11.9 Å². The van der Waals surface area contributed by atoms with Gasteiger partial charge in [-0.2, -0.15) is 13.2 Å². The maximum Gasteiger partial charge on any atom is 0.416 e. The molecular formula is C24H20Cl2F3NO3. The van der Waals surface area contributed by atoms with Crippen LogP contribution in [0.25, 0.3) is 0 Å². The first-order chi connectivity index (χ1) is 15.6. The Morgan fingerprint density at radius 1 is 0.970 bits per heavy atom. The van der Waals surface area contributed by atoms with Crippen LogP contribution < -0.4 is 14.8 Å². The molecule has 0 unspecified atom stereocenters. The summed E-state index contributed by atoms with van der Waals surface area (Å²) in [6.07, 6.45) is -4.56. The number of ether oxygens (including phenoxy) is 2. The predicted molar refractivity (Wildman–Crippen MR) is 123 cm³/mol. The summed E-state index contributed by atoms with van der Waals surface area (Å²) in [6.45, 7) is 4.18. The maximum atomic E-state index is 13.0. The van der Waals surface area contributed by atoms with E-state index in [0.717, 1.165) is 23.8 Å². The number of carbonyl (C=O) groups is 1. The van der Waals surface area contributed by atoms with E-state index in [4.69, 9.17) is 32.7 Å². The van der Waals surface area contributed by atoms with Crippen LogP contribution in [0.2, 0.25) is 10.0 Å². The SMILES string of the molecule is CCOc1ccc(C(=O)Nc2cc(C(F)(F)F)ccc2Cl)cc1COc1ccc(Cl)c(C)c1. The minimum Gasteiger partial charge on any atom is -0.493 e. The third kappa shape index (κ3) is 6.33. The van der Waals surface area contributed by atoms with Crippen molar-refractivity contribution in [2.24, 2.45) is 0 Å². The van der Waals surface area contributed by atoms with Crippen molar-refractivity contribution in [3.05, 3.63) is 86.9 Å². The third-order valence-corrected chi connectivity index (χ3v) is 5.44. The zero-order chi connectivity index (χ0) is 24.2. The highest BCUT2D eigenvalue weighted by Gasteiger charge is 2.31. The van der Waals surface area contributed by atoms with E-state index in [-0.39, 0.29) is 22.9 Å². The molecule has 0 aliphatic carbocycles. The number of hydrogen-bond donors (Lipinski definition) is 1. The number of carbonyl (C=O) groups excluding carboxylic acids is 1. The average molecular weight is 498 g/mol. The van der Waals surface area contributed by atoms with Gasteiger partial charge in [-0.1, -0.05) is 23.2 Å². The first-order valence-corrected chi connectivity index (χ1v) is 10.7. The molecule has 0 radical (unpaired) electrons.